The number of allylic oxidation sites excluding steroid dienone is 1. The zero-order valence-electron chi connectivity index (χ0n) is 24.4. The maximum absolute atomic E-state index is 13.2. The molecule has 0 radical (unpaired) electrons. The van der Waals surface area contributed by atoms with E-state index in [-0.39, 0.29) is 18.1 Å². The van der Waals surface area contributed by atoms with Gasteiger partial charge in [-0.1, -0.05) is 30.4 Å². The monoisotopic (exact) mass is 561 g/mol. The normalized spacial score (nSPS) is 19.3. The van der Waals surface area contributed by atoms with Crippen molar-refractivity contribution in [1.29, 1.82) is 0 Å². The van der Waals surface area contributed by atoms with Crippen LogP contribution in [-0.4, -0.2) is 62.5 Å². The van der Waals surface area contributed by atoms with Crippen LogP contribution < -0.4 is 10.2 Å². The van der Waals surface area contributed by atoms with Gasteiger partial charge in [0.15, 0.2) is 11.8 Å². The number of carbonyl (C=O) groups excluding carboxylic acids is 1. The number of piperidine rings is 1. The van der Waals surface area contributed by atoms with Gasteiger partial charge in [0.25, 0.3) is 5.91 Å². The summed E-state index contributed by atoms with van der Waals surface area (Å²) < 4.78 is 14.1. The second-order valence-corrected chi connectivity index (χ2v) is 12.1. The lowest BCUT2D eigenvalue weighted by atomic mass is 9.92. The zero-order valence-corrected chi connectivity index (χ0v) is 24.4. The van der Waals surface area contributed by atoms with E-state index < -0.39 is 17.7 Å². The predicted molar refractivity (Wildman–Crippen MR) is 155 cm³/mol. The number of nitrogens with one attached hydrogen (secondary N) is 1. The van der Waals surface area contributed by atoms with E-state index in [0.717, 1.165) is 18.4 Å². The largest absolute Gasteiger partial charge is 0.479 e. The quantitative estimate of drug-likeness (QED) is 0.452. The molecule has 5 heterocycles. The number of rotatable bonds is 3. The molecule has 0 spiro atoms. The molecule has 3 aliphatic heterocycles. The Morgan fingerprint density at radius 1 is 1.20 bits per heavy atom. The lowest BCUT2D eigenvalue weighted by Gasteiger charge is -2.41. The third-order valence-corrected chi connectivity index (χ3v) is 7.66. The highest BCUT2D eigenvalue weighted by Crippen LogP contribution is 2.37. The first-order valence-electron chi connectivity index (χ1n) is 14.1. The summed E-state index contributed by atoms with van der Waals surface area (Å²) in [6.45, 7) is 11.4. The molecule has 218 valence electrons. The molecule has 4 bridgehead atoms. The van der Waals surface area contributed by atoms with E-state index >= 15 is 0 Å². The molecule has 0 saturated carbocycles. The van der Waals surface area contributed by atoms with Crippen molar-refractivity contribution in [1.82, 2.24) is 19.9 Å². The fourth-order valence-corrected chi connectivity index (χ4v) is 5.50. The Morgan fingerprint density at radius 2 is 1.93 bits per heavy atom. The van der Waals surface area contributed by atoms with Crippen LogP contribution in [0.5, 0.6) is 0 Å². The summed E-state index contributed by atoms with van der Waals surface area (Å²) in [4.78, 5) is 32.7. The number of nitrogens with zero attached hydrogens (tertiary/aromatic N) is 4. The number of aromatic nitrogens is 3. The summed E-state index contributed by atoms with van der Waals surface area (Å²) >= 11 is 0. The standard InChI is InChI=1S/C31H39N5O5/c1-20-25(26(29(38)39)41-30(2,3)4)28-35-15-13-31(5,14-16-35)40-17-9-8-11-21-10-6-7-12-23(21)27(37)32-19-22-18-24(33-20)36(28)34-22/h6-10,12,18,26H,11,13-17,19H2,1-5H3,(H,32,37)(H,38,39)/b9-8-/t26-/m0/s1. The molecule has 2 aromatic heterocycles. The molecular formula is C31H39N5O5. The van der Waals surface area contributed by atoms with Crippen molar-refractivity contribution in [2.45, 2.75) is 77.7 Å². The number of hydrogen-bond acceptors (Lipinski definition) is 7. The van der Waals surface area contributed by atoms with Crippen molar-refractivity contribution in [3.8, 4) is 0 Å². The molecule has 41 heavy (non-hydrogen) atoms. The SMILES string of the molecule is Cc1nc2cc3nn2c(c1[C@H](OC(C)(C)C)C(=O)O)N1CCC(C)(CC1)OC/C=C\Cc1ccccc1C(=O)NC3. The number of carbonyl (C=O) groups is 2. The summed E-state index contributed by atoms with van der Waals surface area (Å²) in [5.74, 6) is -0.626. The average Bonchev–Trinajstić information content (AvgIpc) is 3.32. The van der Waals surface area contributed by atoms with E-state index in [1.54, 1.807) is 4.52 Å². The molecule has 1 aromatic carbocycles. The minimum atomic E-state index is -1.24. The Hall–Kier alpha value is -3.76. The second-order valence-electron chi connectivity index (χ2n) is 12.1. The van der Waals surface area contributed by atoms with Gasteiger partial charge in [0.05, 0.1) is 35.6 Å². The number of hydrogen-bond donors (Lipinski definition) is 2. The lowest BCUT2D eigenvalue weighted by Crippen LogP contribution is -2.45. The van der Waals surface area contributed by atoms with Gasteiger partial charge in [0.1, 0.15) is 5.82 Å². The van der Waals surface area contributed by atoms with Crippen LogP contribution in [-0.2, 0) is 27.2 Å². The molecule has 2 N–H and O–H groups in total. The fraction of sp³-hybridized carbons (Fsp3) is 0.484. The summed E-state index contributed by atoms with van der Waals surface area (Å²) in [6.07, 6.45) is 4.96. The third-order valence-electron chi connectivity index (χ3n) is 7.66. The first-order chi connectivity index (χ1) is 19.4. The van der Waals surface area contributed by atoms with Gasteiger partial charge in [0, 0.05) is 30.4 Å². The molecule has 1 fully saturated rings. The highest BCUT2D eigenvalue weighted by atomic mass is 16.5. The number of fused-ring (bicyclic) bond motifs is 7. The van der Waals surface area contributed by atoms with Crippen molar-refractivity contribution in [2.75, 3.05) is 24.6 Å². The molecule has 1 atom stereocenters. The molecule has 1 saturated heterocycles. The van der Waals surface area contributed by atoms with Gasteiger partial charge < -0.3 is 24.8 Å². The first-order valence-corrected chi connectivity index (χ1v) is 14.1. The first kappa shape index (κ1) is 28.8. The number of benzene rings is 1. The van der Waals surface area contributed by atoms with Gasteiger partial charge in [-0.15, -0.1) is 0 Å². The number of carboxylic acid groups (broad SMARTS) is 1. The van der Waals surface area contributed by atoms with Crippen LogP contribution in [0.4, 0.5) is 5.82 Å². The number of amides is 1. The summed E-state index contributed by atoms with van der Waals surface area (Å²) in [5, 5.41) is 18.1. The molecule has 0 aliphatic carbocycles. The van der Waals surface area contributed by atoms with Crippen LogP contribution in [0.1, 0.15) is 79.5 Å². The molecule has 10 nitrogen and oxygen atoms in total. The minimum Gasteiger partial charge on any atom is -0.479 e. The van der Waals surface area contributed by atoms with E-state index in [1.807, 2.05) is 70.2 Å². The highest BCUT2D eigenvalue weighted by molar-refractivity contribution is 5.95. The van der Waals surface area contributed by atoms with Crippen molar-refractivity contribution < 1.29 is 24.2 Å². The molecule has 10 heteroatoms. The molecular weight excluding hydrogens is 522 g/mol. The Kier molecular flexibility index (Phi) is 7.89. The molecule has 3 aliphatic rings. The van der Waals surface area contributed by atoms with Crippen molar-refractivity contribution in [3.05, 3.63) is 70.6 Å². The van der Waals surface area contributed by atoms with E-state index in [2.05, 4.69) is 17.1 Å². The van der Waals surface area contributed by atoms with Crippen LogP contribution in [0.15, 0.2) is 42.5 Å². The van der Waals surface area contributed by atoms with Gasteiger partial charge in [-0.2, -0.15) is 9.61 Å². The number of anilines is 1. The van der Waals surface area contributed by atoms with Gasteiger partial charge in [-0.25, -0.2) is 9.78 Å². The van der Waals surface area contributed by atoms with Gasteiger partial charge in [-0.05, 0) is 65.5 Å². The second kappa shape index (κ2) is 11.3. The van der Waals surface area contributed by atoms with Crippen LogP contribution in [0.3, 0.4) is 0 Å². The Bertz CT molecular complexity index is 1480. The summed E-state index contributed by atoms with van der Waals surface area (Å²) in [7, 11) is 0. The number of ether oxygens (including phenoxy) is 2. The van der Waals surface area contributed by atoms with E-state index in [4.69, 9.17) is 19.6 Å². The van der Waals surface area contributed by atoms with E-state index in [0.29, 0.717) is 60.1 Å². The molecule has 0 unspecified atom stereocenters. The highest BCUT2D eigenvalue weighted by Gasteiger charge is 2.37. The maximum Gasteiger partial charge on any atom is 0.337 e. The molecule has 1 amide bonds. The molecule has 3 aromatic rings. The van der Waals surface area contributed by atoms with Crippen molar-refractivity contribution in [3.63, 3.8) is 0 Å². The fourth-order valence-electron chi connectivity index (χ4n) is 5.50. The minimum absolute atomic E-state index is 0.187. The molecule has 6 rings (SSSR count). The van der Waals surface area contributed by atoms with Crippen LogP contribution in [0.2, 0.25) is 0 Å². The topological polar surface area (TPSA) is 118 Å². The zero-order chi connectivity index (χ0) is 29.4. The summed E-state index contributed by atoms with van der Waals surface area (Å²) in [5.41, 5.74) is 2.76. The Morgan fingerprint density at radius 3 is 2.63 bits per heavy atom. The number of aliphatic carboxylic acids is 1. The van der Waals surface area contributed by atoms with Crippen LogP contribution in [0, 0.1) is 6.92 Å². The Labute approximate surface area is 240 Å². The van der Waals surface area contributed by atoms with Crippen LogP contribution in [0.25, 0.3) is 5.65 Å². The van der Waals surface area contributed by atoms with Gasteiger partial charge in [0.2, 0.25) is 0 Å². The van der Waals surface area contributed by atoms with E-state index in [1.165, 1.54) is 0 Å². The number of aryl methyl sites for hydroxylation is 1. The smallest absolute Gasteiger partial charge is 0.337 e. The van der Waals surface area contributed by atoms with Crippen molar-refractivity contribution in [2.24, 2.45) is 0 Å². The summed E-state index contributed by atoms with van der Waals surface area (Å²) in [6, 6.07) is 9.40. The lowest BCUT2D eigenvalue weighted by molar-refractivity contribution is -0.160. The number of carboxylic acids is 1. The predicted octanol–water partition coefficient (Wildman–Crippen LogP) is 4.40. The van der Waals surface area contributed by atoms with E-state index in [9.17, 15) is 14.7 Å². The average molecular weight is 562 g/mol. The van der Waals surface area contributed by atoms with Gasteiger partial charge >= 0.3 is 5.97 Å². The van der Waals surface area contributed by atoms with Crippen molar-refractivity contribution >= 4 is 23.3 Å². The Balaban J connectivity index is 1.62. The third kappa shape index (κ3) is 6.28. The van der Waals surface area contributed by atoms with Gasteiger partial charge in [-0.3, -0.25) is 4.79 Å². The maximum atomic E-state index is 13.2. The van der Waals surface area contributed by atoms with Crippen LogP contribution >= 0.6 is 0 Å².